The van der Waals surface area contributed by atoms with E-state index in [1.165, 1.54) is 6.07 Å². The number of nitrogens with two attached hydrogens (primary N) is 1. The summed E-state index contributed by atoms with van der Waals surface area (Å²) in [7, 11) is 0. The maximum atomic E-state index is 11.6. The number of aliphatic carboxylic acids is 1. The first kappa shape index (κ1) is 22.7. The summed E-state index contributed by atoms with van der Waals surface area (Å²) in [6, 6.07) is 9.23. The van der Waals surface area contributed by atoms with Crippen molar-refractivity contribution >= 4 is 73.7 Å². The number of benzene rings is 2. The molecule has 0 radical (unpaired) electrons. The topological polar surface area (TPSA) is 95.6 Å². The van der Waals surface area contributed by atoms with Crippen LogP contribution in [-0.4, -0.2) is 17.1 Å². The Balaban J connectivity index is 0.00000288. The van der Waals surface area contributed by atoms with Gasteiger partial charge in [-0.05, 0) is 68.9 Å². The molecule has 0 spiro atoms. The fourth-order valence-electron chi connectivity index (χ4n) is 1.77. The van der Waals surface area contributed by atoms with Crippen LogP contribution < -0.4 is 45.1 Å². The second-order valence-corrected chi connectivity index (χ2v) is 8.13. The summed E-state index contributed by atoms with van der Waals surface area (Å²) in [4.78, 5) is 10.9. The number of rotatable bonds is 5. The Kier molecular flexibility index (Phi) is 9.57. The van der Waals surface area contributed by atoms with Gasteiger partial charge in [-0.25, -0.2) is 0 Å². The van der Waals surface area contributed by atoms with Crippen LogP contribution in [0.5, 0.6) is 17.2 Å². The van der Waals surface area contributed by atoms with Gasteiger partial charge in [-0.15, -0.1) is 0 Å². The Morgan fingerprint density at radius 2 is 1.71 bits per heavy atom. The molecule has 5 nitrogen and oxygen atoms in total. The van der Waals surface area contributed by atoms with Gasteiger partial charge < -0.3 is 20.7 Å². The minimum Gasteiger partial charge on any atom is -0.872 e. The molecule has 0 aliphatic rings. The number of carboxylic acid groups (broad SMARTS) is 1. The quantitative estimate of drug-likeness (QED) is 0.277. The largest absolute Gasteiger partial charge is 1.00 e. The van der Waals surface area contributed by atoms with Crippen molar-refractivity contribution in [3.8, 4) is 17.2 Å². The normalized spacial score (nSPS) is 12.8. The van der Waals surface area contributed by atoms with Crippen molar-refractivity contribution < 1.29 is 49.3 Å². The molecule has 122 valence electrons. The summed E-state index contributed by atoms with van der Waals surface area (Å²) in [6.07, 6.45) is 0. The zero-order chi connectivity index (χ0) is 17.1. The first-order valence-corrected chi connectivity index (χ1v) is 9.77. The molecule has 0 aliphatic carbocycles. The van der Waals surface area contributed by atoms with Gasteiger partial charge in [0.05, 0.1) is 7.49 Å². The van der Waals surface area contributed by atoms with E-state index in [1.54, 1.807) is 30.3 Å². The first-order chi connectivity index (χ1) is 10.8. The van der Waals surface area contributed by atoms with Gasteiger partial charge in [-0.1, -0.05) is 46.5 Å². The summed E-state index contributed by atoms with van der Waals surface area (Å²) < 4.78 is 6.84. The van der Waals surface area contributed by atoms with E-state index < -0.39 is 12.0 Å². The SMILES string of the molecule is N[C@H](C(=O)O)C(I)c1ccc(Oc2ccc([O-])c(I)c2I)cc1.[Na+]. The van der Waals surface area contributed by atoms with Gasteiger partial charge in [0.2, 0.25) is 0 Å². The average molecular weight is 673 g/mol. The number of ether oxygens (including phenoxy) is 1. The number of hydrogen-bond donors (Lipinski definition) is 2. The number of carbonyl (C=O) groups is 1. The predicted molar refractivity (Wildman–Crippen MR) is 110 cm³/mol. The van der Waals surface area contributed by atoms with Crippen molar-refractivity contribution in [2.24, 2.45) is 5.73 Å². The second-order valence-electron chi connectivity index (χ2n) is 4.63. The van der Waals surface area contributed by atoms with E-state index in [4.69, 9.17) is 15.6 Å². The molecular formula is C15H11I3NNaO4. The van der Waals surface area contributed by atoms with Gasteiger partial charge in [-0.3, -0.25) is 4.79 Å². The Hall–Kier alpha value is 0.660. The van der Waals surface area contributed by atoms with Crippen LogP contribution in [0.2, 0.25) is 0 Å². The van der Waals surface area contributed by atoms with Crippen molar-refractivity contribution in [1.82, 2.24) is 0 Å². The molecule has 0 saturated carbocycles. The summed E-state index contributed by atoms with van der Waals surface area (Å²) in [5.41, 5.74) is 6.45. The minimum absolute atomic E-state index is 0. The number of carboxylic acids is 1. The first-order valence-electron chi connectivity index (χ1n) is 6.36. The Labute approximate surface area is 202 Å². The minimum atomic E-state index is -1.04. The summed E-state index contributed by atoms with van der Waals surface area (Å²) >= 11 is 6.08. The molecule has 0 saturated heterocycles. The fourth-order valence-corrected chi connectivity index (χ4v) is 3.50. The molecule has 2 rings (SSSR count). The Morgan fingerprint density at radius 3 is 2.25 bits per heavy atom. The summed E-state index contributed by atoms with van der Waals surface area (Å²) in [5.74, 6) is 0.142. The zero-order valence-electron chi connectivity index (χ0n) is 12.5. The molecule has 0 heterocycles. The third-order valence-corrected chi connectivity index (χ3v) is 7.71. The van der Waals surface area contributed by atoms with E-state index in [1.807, 2.05) is 45.2 Å². The molecule has 2 aromatic carbocycles. The Morgan fingerprint density at radius 1 is 1.12 bits per heavy atom. The zero-order valence-corrected chi connectivity index (χ0v) is 21.0. The number of hydrogen-bond acceptors (Lipinski definition) is 4. The molecule has 3 N–H and O–H groups in total. The molecule has 24 heavy (non-hydrogen) atoms. The van der Waals surface area contributed by atoms with E-state index in [0.29, 0.717) is 15.1 Å². The van der Waals surface area contributed by atoms with Gasteiger partial charge in [0.15, 0.2) is 0 Å². The van der Waals surface area contributed by atoms with Crippen molar-refractivity contribution in [2.45, 2.75) is 9.97 Å². The van der Waals surface area contributed by atoms with Gasteiger partial charge >= 0.3 is 35.5 Å². The van der Waals surface area contributed by atoms with E-state index >= 15 is 0 Å². The fraction of sp³-hybridized carbons (Fsp3) is 0.133. The average Bonchev–Trinajstić information content (AvgIpc) is 2.54. The smallest absolute Gasteiger partial charge is 0.872 e. The molecule has 2 atom stereocenters. The van der Waals surface area contributed by atoms with Crippen molar-refractivity contribution in [1.29, 1.82) is 0 Å². The van der Waals surface area contributed by atoms with Crippen LogP contribution in [0.4, 0.5) is 0 Å². The van der Waals surface area contributed by atoms with E-state index in [-0.39, 0.29) is 39.2 Å². The molecule has 1 unspecified atom stereocenters. The monoisotopic (exact) mass is 673 g/mol. The van der Waals surface area contributed by atoms with Crippen LogP contribution >= 0.6 is 67.8 Å². The molecule has 0 bridgehead atoms. The van der Waals surface area contributed by atoms with Crippen LogP contribution in [0.25, 0.3) is 0 Å². The van der Waals surface area contributed by atoms with Gasteiger partial charge in [0.25, 0.3) is 0 Å². The van der Waals surface area contributed by atoms with Crippen LogP contribution in [0.3, 0.4) is 0 Å². The van der Waals surface area contributed by atoms with E-state index in [2.05, 4.69) is 22.6 Å². The molecular weight excluding hydrogens is 662 g/mol. The number of alkyl halides is 1. The number of halogens is 3. The molecule has 0 amide bonds. The third-order valence-electron chi connectivity index (χ3n) is 3.04. The van der Waals surface area contributed by atoms with Gasteiger partial charge in [0.1, 0.15) is 17.5 Å². The van der Waals surface area contributed by atoms with Crippen molar-refractivity contribution in [2.75, 3.05) is 0 Å². The molecule has 0 aliphatic heterocycles. The molecule has 0 aromatic heterocycles. The van der Waals surface area contributed by atoms with E-state index in [9.17, 15) is 9.90 Å². The molecule has 0 fully saturated rings. The maximum absolute atomic E-state index is 11.6. The summed E-state index contributed by atoms with van der Waals surface area (Å²) in [5, 5.41) is 20.5. The van der Waals surface area contributed by atoms with Crippen molar-refractivity contribution in [3.63, 3.8) is 0 Å². The maximum Gasteiger partial charge on any atom is 1.00 e. The van der Waals surface area contributed by atoms with E-state index in [0.717, 1.165) is 9.13 Å². The van der Waals surface area contributed by atoms with Gasteiger partial charge in [0, 0.05) is 3.57 Å². The van der Waals surface area contributed by atoms with Crippen LogP contribution in [0.1, 0.15) is 9.49 Å². The predicted octanol–water partition coefficient (Wildman–Crippen LogP) is 0.654. The standard InChI is InChI=1S/C15H12I3NO4.Na/c16-11(14(19)15(21)22)7-1-3-8(4-2-7)23-10-6-5-9(20)12(17)13(10)18;/h1-6,11,14,20H,19H2,(H,21,22);/q;+1/p-1/t11?,14-;/m0./s1. The van der Waals surface area contributed by atoms with Crippen LogP contribution in [0, 0.1) is 7.14 Å². The van der Waals surface area contributed by atoms with Crippen molar-refractivity contribution in [3.05, 3.63) is 49.1 Å². The van der Waals surface area contributed by atoms with Gasteiger partial charge in [-0.2, -0.15) is 0 Å². The Bertz CT molecular complexity index is 727. The molecule has 2 aromatic rings. The summed E-state index contributed by atoms with van der Waals surface area (Å²) in [6.45, 7) is 0. The second kappa shape index (κ2) is 10.1. The molecule has 9 heteroatoms. The van der Waals surface area contributed by atoms with Crippen LogP contribution in [-0.2, 0) is 4.79 Å². The third kappa shape index (κ3) is 5.58. The van der Waals surface area contributed by atoms with Crippen LogP contribution in [0.15, 0.2) is 36.4 Å².